The van der Waals surface area contributed by atoms with Gasteiger partial charge < -0.3 is 5.32 Å². The van der Waals surface area contributed by atoms with Crippen molar-refractivity contribution in [1.82, 2.24) is 5.32 Å². The van der Waals surface area contributed by atoms with Gasteiger partial charge in [-0.05, 0) is 41.7 Å². The second-order valence-electron chi connectivity index (χ2n) is 5.66. The van der Waals surface area contributed by atoms with Crippen LogP contribution < -0.4 is 5.32 Å². The molecule has 0 aliphatic rings. The fourth-order valence-corrected chi connectivity index (χ4v) is 1.000. The number of nitrogens with one attached hydrogen (secondary N) is 1. The van der Waals surface area contributed by atoms with Gasteiger partial charge in [0, 0.05) is 12.0 Å². The van der Waals surface area contributed by atoms with Crippen molar-refractivity contribution in [2.45, 2.75) is 59.9 Å². The van der Waals surface area contributed by atoms with E-state index in [0.29, 0.717) is 5.41 Å². The number of rotatable bonds is 4. The van der Waals surface area contributed by atoms with Gasteiger partial charge in [-0.15, -0.1) is 0 Å². The standard InChI is InChI=1S/C12H26N/c1-10(11(2,3)4)8-9-12(5,6)13-7/h13H,8-9H2,1-7H3/q+1. The van der Waals surface area contributed by atoms with E-state index in [0.717, 1.165) is 0 Å². The Kier molecular flexibility index (Phi) is 4.31. The molecule has 0 atom stereocenters. The highest BCUT2D eigenvalue weighted by Crippen LogP contribution is 2.32. The van der Waals surface area contributed by atoms with Crippen LogP contribution in [0.2, 0.25) is 0 Å². The summed E-state index contributed by atoms with van der Waals surface area (Å²) >= 11 is 0. The Morgan fingerprint density at radius 1 is 1.08 bits per heavy atom. The second kappa shape index (κ2) is 4.36. The molecule has 0 rings (SSSR count). The maximum atomic E-state index is 3.33. The molecule has 1 N–H and O–H groups in total. The van der Waals surface area contributed by atoms with Gasteiger partial charge in [0.15, 0.2) is 0 Å². The zero-order chi connectivity index (χ0) is 10.7. The van der Waals surface area contributed by atoms with Crippen molar-refractivity contribution < 1.29 is 0 Å². The van der Waals surface area contributed by atoms with Crippen LogP contribution in [0.3, 0.4) is 0 Å². The first-order chi connectivity index (χ1) is 5.69. The topological polar surface area (TPSA) is 12.0 Å². The Morgan fingerprint density at radius 2 is 1.54 bits per heavy atom. The van der Waals surface area contributed by atoms with E-state index in [1.807, 2.05) is 7.05 Å². The van der Waals surface area contributed by atoms with Crippen molar-refractivity contribution in [2.75, 3.05) is 7.05 Å². The molecule has 0 saturated heterocycles. The first-order valence-corrected chi connectivity index (χ1v) is 5.21. The van der Waals surface area contributed by atoms with E-state index in [1.54, 1.807) is 5.92 Å². The fraction of sp³-hybridized carbons (Fsp3) is 0.917. The van der Waals surface area contributed by atoms with Crippen LogP contribution in [0, 0.1) is 11.3 Å². The van der Waals surface area contributed by atoms with Crippen LogP contribution in [0.15, 0.2) is 0 Å². The maximum absolute atomic E-state index is 3.33. The van der Waals surface area contributed by atoms with E-state index < -0.39 is 0 Å². The molecule has 0 bridgehead atoms. The lowest BCUT2D eigenvalue weighted by Gasteiger charge is -2.25. The van der Waals surface area contributed by atoms with Crippen molar-refractivity contribution in [3.8, 4) is 0 Å². The summed E-state index contributed by atoms with van der Waals surface area (Å²) in [5.41, 5.74) is 0.635. The molecule has 0 unspecified atom stereocenters. The van der Waals surface area contributed by atoms with E-state index in [2.05, 4.69) is 46.9 Å². The quantitative estimate of drug-likeness (QED) is 0.660. The van der Waals surface area contributed by atoms with Gasteiger partial charge in [-0.1, -0.05) is 0 Å². The molecule has 0 radical (unpaired) electrons. The van der Waals surface area contributed by atoms with Gasteiger partial charge in [-0.25, -0.2) is 0 Å². The highest BCUT2D eigenvalue weighted by atomic mass is 14.9. The van der Waals surface area contributed by atoms with Crippen molar-refractivity contribution in [3.05, 3.63) is 5.92 Å². The summed E-state index contributed by atoms with van der Waals surface area (Å²) in [6.07, 6.45) is 2.43. The summed E-state index contributed by atoms with van der Waals surface area (Å²) in [6, 6.07) is 0. The Morgan fingerprint density at radius 3 is 1.85 bits per heavy atom. The van der Waals surface area contributed by atoms with Crippen LogP contribution in [-0.4, -0.2) is 12.6 Å². The Bertz CT molecular complexity index is 142. The molecular formula is C12H26N+. The highest BCUT2D eigenvalue weighted by molar-refractivity contribution is 4.97. The van der Waals surface area contributed by atoms with Crippen LogP contribution in [0.1, 0.15) is 54.4 Å². The minimum absolute atomic E-state index is 0.270. The second-order valence-corrected chi connectivity index (χ2v) is 5.66. The summed E-state index contributed by atoms with van der Waals surface area (Å²) in [4.78, 5) is 0. The van der Waals surface area contributed by atoms with E-state index in [1.165, 1.54) is 12.8 Å². The Hall–Kier alpha value is -0.170. The Balaban J connectivity index is 3.90. The summed E-state index contributed by atoms with van der Waals surface area (Å²) in [6.45, 7) is 13.6. The molecule has 0 fully saturated rings. The first kappa shape index (κ1) is 12.8. The monoisotopic (exact) mass is 184 g/mol. The predicted molar refractivity (Wildman–Crippen MR) is 60.7 cm³/mol. The minimum atomic E-state index is 0.270. The molecule has 1 heteroatoms. The lowest BCUT2D eigenvalue weighted by Crippen LogP contribution is -2.36. The van der Waals surface area contributed by atoms with E-state index in [4.69, 9.17) is 0 Å². The van der Waals surface area contributed by atoms with Crippen LogP contribution in [0.25, 0.3) is 0 Å². The third kappa shape index (κ3) is 5.20. The zero-order valence-electron chi connectivity index (χ0n) is 10.4. The average molecular weight is 184 g/mol. The smallest absolute Gasteiger partial charge is 0.102 e. The van der Waals surface area contributed by atoms with Crippen LogP contribution in [0.5, 0.6) is 0 Å². The molecule has 0 spiro atoms. The fourth-order valence-electron chi connectivity index (χ4n) is 1.000. The molecule has 0 aromatic carbocycles. The molecule has 13 heavy (non-hydrogen) atoms. The number of hydrogen-bond donors (Lipinski definition) is 1. The molecule has 1 nitrogen and oxygen atoms in total. The summed E-state index contributed by atoms with van der Waals surface area (Å²) < 4.78 is 0. The normalized spacial score (nSPS) is 13.2. The number of hydrogen-bond acceptors (Lipinski definition) is 1. The van der Waals surface area contributed by atoms with E-state index in [-0.39, 0.29) is 5.54 Å². The van der Waals surface area contributed by atoms with Crippen LogP contribution in [0.4, 0.5) is 0 Å². The molecule has 0 amide bonds. The lowest BCUT2D eigenvalue weighted by atomic mass is 9.77. The third-order valence-electron chi connectivity index (χ3n) is 3.08. The van der Waals surface area contributed by atoms with Crippen molar-refractivity contribution in [3.63, 3.8) is 0 Å². The molecule has 0 aromatic rings. The molecule has 0 aromatic heterocycles. The van der Waals surface area contributed by atoms with Gasteiger partial charge >= 0.3 is 0 Å². The largest absolute Gasteiger partial charge is 0.315 e. The van der Waals surface area contributed by atoms with E-state index >= 15 is 0 Å². The SMILES string of the molecule is CNC(C)(C)CC[C+](C)C(C)(C)C. The summed E-state index contributed by atoms with van der Waals surface area (Å²) in [5.74, 6) is 1.59. The van der Waals surface area contributed by atoms with Gasteiger partial charge in [-0.2, -0.15) is 0 Å². The maximum Gasteiger partial charge on any atom is 0.102 e. The minimum Gasteiger partial charge on any atom is -0.315 e. The molecule has 78 valence electrons. The van der Waals surface area contributed by atoms with Crippen LogP contribution in [-0.2, 0) is 0 Å². The van der Waals surface area contributed by atoms with Crippen LogP contribution >= 0.6 is 0 Å². The van der Waals surface area contributed by atoms with Gasteiger partial charge in [0.1, 0.15) is 5.41 Å². The van der Waals surface area contributed by atoms with Crippen molar-refractivity contribution in [1.29, 1.82) is 0 Å². The lowest BCUT2D eigenvalue weighted by molar-refractivity contribution is 0.342. The first-order valence-electron chi connectivity index (χ1n) is 5.21. The Labute approximate surface area is 84.3 Å². The van der Waals surface area contributed by atoms with Gasteiger partial charge in [0.05, 0.1) is 19.3 Å². The molecule has 0 saturated carbocycles. The molecule has 0 heterocycles. The van der Waals surface area contributed by atoms with Gasteiger partial charge in [-0.3, -0.25) is 0 Å². The van der Waals surface area contributed by atoms with Crippen molar-refractivity contribution in [2.24, 2.45) is 5.41 Å². The third-order valence-corrected chi connectivity index (χ3v) is 3.08. The summed E-state index contributed by atoms with van der Waals surface area (Å²) in [7, 11) is 2.03. The molecule has 0 aliphatic heterocycles. The molecular weight excluding hydrogens is 158 g/mol. The zero-order valence-corrected chi connectivity index (χ0v) is 10.4. The predicted octanol–water partition coefficient (Wildman–Crippen LogP) is 3.41. The average Bonchev–Trinajstić information content (AvgIpc) is 1.98. The van der Waals surface area contributed by atoms with E-state index in [9.17, 15) is 0 Å². The highest BCUT2D eigenvalue weighted by Gasteiger charge is 2.32. The van der Waals surface area contributed by atoms with Gasteiger partial charge in [0.25, 0.3) is 0 Å². The van der Waals surface area contributed by atoms with Crippen molar-refractivity contribution >= 4 is 0 Å². The van der Waals surface area contributed by atoms with Gasteiger partial charge in [0.2, 0.25) is 0 Å². The summed E-state index contributed by atoms with van der Waals surface area (Å²) in [5, 5.41) is 3.33. The molecule has 0 aliphatic carbocycles.